The number of halogens is 1. The minimum atomic E-state index is -1.09. The second-order valence-corrected chi connectivity index (χ2v) is 5.90. The van der Waals surface area contributed by atoms with E-state index in [9.17, 15) is 19.1 Å². The van der Waals surface area contributed by atoms with Crippen LogP contribution >= 0.6 is 0 Å². The van der Waals surface area contributed by atoms with Gasteiger partial charge in [-0.2, -0.15) is 0 Å². The van der Waals surface area contributed by atoms with Gasteiger partial charge in [-0.1, -0.05) is 20.8 Å². The minimum Gasteiger partial charge on any atom is -0.478 e. The number of hydrogen-bond donors (Lipinski definition) is 1. The maximum Gasteiger partial charge on any atom is 0.336 e. The highest BCUT2D eigenvalue weighted by atomic mass is 19.1. The largest absolute Gasteiger partial charge is 0.478 e. The highest BCUT2D eigenvalue weighted by Gasteiger charge is 2.29. The third-order valence-corrected chi connectivity index (χ3v) is 4.29. The molecule has 1 atom stereocenters. The smallest absolute Gasteiger partial charge is 0.336 e. The number of hydrogen-bond acceptors (Lipinski definition) is 2. The van der Waals surface area contributed by atoms with E-state index < -0.39 is 5.97 Å². The Hall–Kier alpha value is -1.91. The van der Waals surface area contributed by atoms with Crippen molar-refractivity contribution in [1.82, 2.24) is 4.90 Å². The Balaban J connectivity index is 2.33. The first-order valence-corrected chi connectivity index (χ1v) is 7.15. The molecule has 1 unspecified atom stereocenters. The van der Waals surface area contributed by atoms with Crippen molar-refractivity contribution in [3.05, 3.63) is 34.6 Å². The van der Waals surface area contributed by atoms with E-state index >= 15 is 0 Å². The first kappa shape index (κ1) is 15.5. The molecule has 0 aromatic heterocycles. The lowest BCUT2D eigenvalue weighted by molar-refractivity contribution is -0.137. The molecule has 0 aliphatic carbocycles. The minimum absolute atomic E-state index is 0.00347. The Kier molecular flexibility index (Phi) is 4.30. The molecule has 1 heterocycles. The van der Waals surface area contributed by atoms with Crippen molar-refractivity contribution in [2.45, 2.75) is 33.7 Å². The maximum atomic E-state index is 13.8. The normalized spacial score (nSPS) is 15.8. The van der Waals surface area contributed by atoms with E-state index in [0.717, 1.165) is 0 Å². The molecule has 0 saturated carbocycles. The number of nitrogens with zero attached hydrogens (tertiary/aromatic N) is 1. The quantitative estimate of drug-likeness (QED) is 0.932. The Morgan fingerprint density at radius 1 is 1.24 bits per heavy atom. The average Bonchev–Trinajstić information content (AvgIpc) is 2.45. The summed E-state index contributed by atoms with van der Waals surface area (Å²) in [5, 5.41) is 9.23. The van der Waals surface area contributed by atoms with Crippen LogP contribution in [0, 0.1) is 17.7 Å². The number of amides is 1. The van der Waals surface area contributed by atoms with Gasteiger partial charge in [0.2, 0.25) is 5.91 Å². The number of carboxylic acid groups (broad SMARTS) is 1. The van der Waals surface area contributed by atoms with Crippen LogP contribution in [-0.4, -0.2) is 28.4 Å². The molecule has 21 heavy (non-hydrogen) atoms. The SMILES string of the molecule is CC(C)C(C)C(=O)N1CCc2c(F)ccc(C(=O)O)c2C1. The summed E-state index contributed by atoms with van der Waals surface area (Å²) in [6.07, 6.45) is 0.360. The Morgan fingerprint density at radius 3 is 2.48 bits per heavy atom. The molecule has 1 aromatic carbocycles. The Morgan fingerprint density at radius 2 is 1.90 bits per heavy atom. The van der Waals surface area contributed by atoms with Crippen LogP contribution in [0.3, 0.4) is 0 Å². The highest BCUT2D eigenvalue weighted by molar-refractivity contribution is 5.90. The second-order valence-electron chi connectivity index (χ2n) is 5.90. The Bertz CT molecular complexity index is 583. The standard InChI is InChI=1S/C16H20FNO3/c1-9(2)10(3)15(19)18-7-6-11-13(8-18)12(16(20)21)4-5-14(11)17/h4-5,9-10H,6-8H2,1-3H3,(H,20,21). The summed E-state index contributed by atoms with van der Waals surface area (Å²) in [5.41, 5.74) is 0.940. The number of aromatic carboxylic acids is 1. The van der Waals surface area contributed by atoms with Crippen LogP contribution < -0.4 is 0 Å². The zero-order chi connectivity index (χ0) is 15.7. The first-order valence-electron chi connectivity index (χ1n) is 7.15. The van der Waals surface area contributed by atoms with Crippen molar-refractivity contribution in [2.24, 2.45) is 11.8 Å². The van der Waals surface area contributed by atoms with E-state index in [1.807, 2.05) is 20.8 Å². The molecule has 2 rings (SSSR count). The van der Waals surface area contributed by atoms with Gasteiger partial charge in [-0.15, -0.1) is 0 Å². The van der Waals surface area contributed by atoms with Gasteiger partial charge in [0.1, 0.15) is 5.82 Å². The molecule has 4 nitrogen and oxygen atoms in total. The van der Waals surface area contributed by atoms with Crippen molar-refractivity contribution < 1.29 is 19.1 Å². The molecular formula is C16H20FNO3. The van der Waals surface area contributed by atoms with Crippen molar-refractivity contribution in [3.8, 4) is 0 Å². The second kappa shape index (κ2) is 5.84. The lowest BCUT2D eigenvalue weighted by atomic mass is 9.91. The fourth-order valence-corrected chi connectivity index (χ4v) is 2.59. The van der Waals surface area contributed by atoms with E-state index in [-0.39, 0.29) is 35.7 Å². The topological polar surface area (TPSA) is 57.6 Å². The van der Waals surface area contributed by atoms with Crippen molar-refractivity contribution >= 4 is 11.9 Å². The van der Waals surface area contributed by atoms with Crippen LogP contribution in [0.25, 0.3) is 0 Å². The summed E-state index contributed by atoms with van der Waals surface area (Å²) < 4.78 is 13.8. The zero-order valence-corrected chi connectivity index (χ0v) is 12.5. The molecule has 0 radical (unpaired) electrons. The summed E-state index contributed by atoms with van der Waals surface area (Å²) in [7, 11) is 0. The molecular weight excluding hydrogens is 273 g/mol. The molecule has 0 bridgehead atoms. The highest BCUT2D eigenvalue weighted by Crippen LogP contribution is 2.27. The first-order chi connectivity index (χ1) is 9.82. The lowest BCUT2D eigenvalue weighted by Gasteiger charge is -2.32. The summed E-state index contributed by atoms with van der Waals surface area (Å²) in [4.78, 5) is 25.3. The van der Waals surface area contributed by atoms with Crippen LogP contribution in [0.4, 0.5) is 4.39 Å². The number of carbonyl (C=O) groups excluding carboxylic acids is 1. The van der Waals surface area contributed by atoms with Crippen LogP contribution in [0.2, 0.25) is 0 Å². The number of rotatable bonds is 3. The van der Waals surface area contributed by atoms with Gasteiger partial charge < -0.3 is 10.0 Å². The van der Waals surface area contributed by atoms with Gasteiger partial charge in [-0.05, 0) is 35.6 Å². The summed E-state index contributed by atoms with van der Waals surface area (Å²) in [6.45, 7) is 6.42. The molecule has 1 amide bonds. The van der Waals surface area contributed by atoms with Gasteiger partial charge in [0.25, 0.3) is 0 Å². The molecule has 114 valence electrons. The molecule has 0 saturated heterocycles. The summed E-state index contributed by atoms with van der Waals surface area (Å²) in [6, 6.07) is 2.47. The number of carboxylic acids is 1. The van der Waals surface area contributed by atoms with Crippen LogP contribution in [0.15, 0.2) is 12.1 Å². The van der Waals surface area contributed by atoms with Gasteiger partial charge in [-0.25, -0.2) is 9.18 Å². The molecule has 0 fully saturated rings. The van der Waals surface area contributed by atoms with Crippen molar-refractivity contribution in [1.29, 1.82) is 0 Å². The molecule has 5 heteroatoms. The van der Waals surface area contributed by atoms with E-state index in [1.165, 1.54) is 12.1 Å². The van der Waals surface area contributed by atoms with Gasteiger partial charge in [0.15, 0.2) is 0 Å². The van der Waals surface area contributed by atoms with E-state index in [0.29, 0.717) is 24.1 Å². The fourth-order valence-electron chi connectivity index (χ4n) is 2.59. The monoisotopic (exact) mass is 293 g/mol. The maximum absolute atomic E-state index is 13.8. The van der Waals surface area contributed by atoms with Gasteiger partial charge >= 0.3 is 5.97 Å². The van der Waals surface area contributed by atoms with E-state index in [2.05, 4.69) is 0 Å². The van der Waals surface area contributed by atoms with Gasteiger partial charge in [0.05, 0.1) is 5.56 Å². The van der Waals surface area contributed by atoms with Gasteiger partial charge in [0, 0.05) is 19.0 Å². The Labute approximate surface area is 123 Å². The van der Waals surface area contributed by atoms with Crippen molar-refractivity contribution in [2.75, 3.05) is 6.54 Å². The number of benzene rings is 1. The average molecular weight is 293 g/mol. The molecule has 1 aromatic rings. The zero-order valence-electron chi connectivity index (χ0n) is 12.5. The van der Waals surface area contributed by atoms with E-state index in [1.54, 1.807) is 4.90 Å². The molecule has 0 spiro atoms. The predicted molar refractivity (Wildman–Crippen MR) is 76.5 cm³/mol. The third-order valence-electron chi connectivity index (χ3n) is 4.29. The fraction of sp³-hybridized carbons (Fsp3) is 0.500. The molecule has 1 N–H and O–H groups in total. The van der Waals surface area contributed by atoms with Crippen LogP contribution in [0.1, 0.15) is 42.3 Å². The summed E-state index contributed by atoms with van der Waals surface area (Å²) >= 11 is 0. The van der Waals surface area contributed by atoms with Crippen molar-refractivity contribution in [3.63, 3.8) is 0 Å². The number of carbonyl (C=O) groups is 2. The molecule has 1 aliphatic heterocycles. The summed E-state index contributed by atoms with van der Waals surface area (Å²) in [5.74, 6) is -1.40. The molecule has 1 aliphatic rings. The lowest BCUT2D eigenvalue weighted by Crippen LogP contribution is -2.41. The van der Waals surface area contributed by atoms with E-state index in [4.69, 9.17) is 0 Å². The van der Waals surface area contributed by atoms with Crippen LogP contribution in [0.5, 0.6) is 0 Å². The number of fused-ring (bicyclic) bond motifs is 1. The predicted octanol–water partition coefficient (Wildman–Crippen LogP) is 2.70. The van der Waals surface area contributed by atoms with Gasteiger partial charge in [-0.3, -0.25) is 4.79 Å². The van der Waals surface area contributed by atoms with Crippen LogP contribution in [-0.2, 0) is 17.8 Å². The third kappa shape index (κ3) is 2.91.